The number of rotatable bonds is 5. The smallest absolute Gasteiger partial charge is 0.250 e. The van der Waals surface area contributed by atoms with Crippen LogP contribution in [0.15, 0.2) is 38.3 Å². The first-order chi connectivity index (χ1) is 9.79. The Bertz CT molecular complexity index is 708. The van der Waals surface area contributed by atoms with Crippen molar-refractivity contribution in [2.75, 3.05) is 19.0 Å². The quantitative estimate of drug-likeness (QED) is 0.819. The molecule has 1 N–H and O–H groups in total. The van der Waals surface area contributed by atoms with Gasteiger partial charge in [0.2, 0.25) is 10.0 Å². The molecule has 0 amide bonds. The molecule has 21 heavy (non-hydrogen) atoms. The zero-order valence-electron chi connectivity index (χ0n) is 11.4. The molecule has 0 saturated heterocycles. The first kappa shape index (κ1) is 16.8. The first-order valence-corrected chi connectivity index (χ1v) is 9.47. The molecule has 0 radical (unpaired) electrons. The van der Waals surface area contributed by atoms with Crippen LogP contribution in [0.25, 0.3) is 0 Å². The number of sulfonamides is 1. The molecule has 2 rings (SSSR count). The van der Waals surface area contributed by atoms with E-state index < -0.39 is 10.0 Å². The number of halogens is 2. The SMILES string of the molecule is CN(C)c1ccc(CNS(=O)(=O)c2cc(Cl)c(Br)s2)cc1. The second-order valence-corrected chi connectivity index (χ2v) is 9.34. The van der Waals surface area contributed by atoms with Crippen molar-refractivity contribution in [3.63, 3.8) is 0 Å². The van der Waals surface area contributed by atoms with Gasteiger partial charge in [0, 0.05) is 26.3 Å². The number of nitrogens with one attached hydrogen (secondary N) is 1. The van der Waals surface area contributed by atoms with Crippen LogP contribution in [0, 0.1) is 0 Å². The van der Waals surface area contributed by atoms with Crippen molar-refractivity contribution < 1.29 is 8.42 Å². The van der Waals surface area contributed by atoms with Gasteiger partial charge in [0.1, 0.15) is 4.21 Å². The zero-order chi connectivity index (χ0) is 15.6. The van der Waals surface area contributed by atoms with Crippen LogP contribution >= 0.6 is 38.9 Å². The molecule has 0 aliphatic heterocycles. The summed E-state index contributed by atoms with van der Waals surface area (Å²) in [6.07, 6.45) is 0. The first-order valence-electron chi connectivity index (χ1n) is 6.00. The molecule has 1 heterocycles. The highest BCUT2D eigenvalue weighted by molar-refractivity contribution is 9.11. The lowest BCUT2D eigenvalue weighted by atomic mass is 10.2. The van der Waals surface area contributed by atoms with Crippen LogP contribution in [-0.2, 0) is 16.6 Å². The van der Waals surface area contributed by atoms with Crippen LogP contribution in [0.1, 0.15) is 5.56 Å². The fourth-order valence-electron chi connectivity index (χ4n) is 1.62. The Labute approximate surface area is 141 Å². The molecule has 4 nitrogen and oxygen atoms in total. The van der Waals surface area contributed by atoms with Gasteiger partial charge in [-0.1, -0.05) is 23.7 Å². The summed E-state index contributed by atoms with van der Waals surface area (Å²) < 4.78 is 27.7. The predicted octanol–water partition coefficient (Wildman–Crippen LogP) is 3.71. The second kappa shape index (κ2) is 6.66. The van der Waals surface area contributed by atoms with Crippen LogP contribution < -0.4 is 9.62 Å². The van der Waals surface area contributed by atoms with Crippen molar-refractivity contribution in [2.24, 2.45) is 0 Å². The van der Waals surface area contributed by atoms with Crippen LogP contribution in [0.2, 0.25) is 5.02 Å². The van der Waals surface area contributed by atoms with E-state index in [-0.39, 0.29) is 10.8 Å². The van der Waals surface area contributed by atoms with Crippen LogP contribution in [0.4, 0.5) is 5.69 Å². The lowest BCUT2D eigenvalue weighted by Crippen LogP contribution is -2.22. The number of hydrogen-bond donors (Lipinski definition) is 1. The van der Waals surface area contributed by atoms with E-state index in [0.717, 1.165) is 22.6 Å². The van der Waals surface area contributed by atoms with E-state index in [4.69, 9.17) is 11.6 Å². The Kier molecular flexibility index (Phi) is 5.32. The summed E-state index contributed by atoms with van der Waals surface area (Å²) in [4.78, 5) is 1.99. The minimum Gasteiger partial charge on any atom is -0.378 e. The summed E-state index contributed by atoms with van der Waals surface area (Å²) in [5.41, 5.74) is 1.96. The summed E-state index contributed by atoms with van der Waals surface area (Å²) in [5.74, 6) is 0. The molecule has 114 valence electrons. The monoisotopic (exact) mass is 408 g/mol. The maximum Gasteiger partial charge on any atom is 0.250 e. The predicted molar refractivity (Wildman–Crippen MR) is 91.8 cm³/mol. The molecule has 0 fully saturated rings. The van der Waals surface area contributed by atoms with Gasteiger partial charge < -0.3 is 4.90 Å². The van der Waals surface area contributed by atoms with Gasteiger partial charge in [-0.3, -0.25) is 0 Å². The Morgan fingerprint density at radius 3 is 2.38 bits per heavy atom. The van der Waals surface area contributed by atoms with Gasteiger partial charge in [0.05, 0.1) is 8.81 Å². The third-order valence-electron chi connectivity index (χ3n) is 2.81. The van der Waals surface area contributed by atoms with Crippen molar-refractivity contribution >= 4 is 54.6 Å². The van der Waals surface area contributed by atoms with E-state index in [0.29, 0.717) is 8.81 Å². The number of benzene rings is 1. The molecule has 8 heteroatoms. The highest BCUT2D eigenvalue weighted by Crippen LogP contribution is 2.34. The molecule has 1 aromatic heterocycles. The van der Waals surface area contributed by atoms with Gasteiger partial charge in [0.25, 0.3) is 0 Å². The molecule has 1 aromatic carbocycles. The molecule has 0 saturated carbocycles. The molecule has 0 unspecified atom stereocenters. The maximum atomic E-state index is 12.2. The normalized spacial score (nSPS) is 11.6. The molecule has 2 aromatic rings. The highest BCUT2D eigenvalue weighted by atomic mass is 79.9. The van der Waals surface area contributed by atoms with Gasteiger partial charge in [-0.2, -0.15) is 0 Å². The van der Waals surface area contributed by atoms with Crippen LogP contribution in [0.5, 0.6) is 0 Å². The standard InChI is InChI=1S/C13H14BrClN2O2S2/c1-17(2)10-5-3-9(4-6-10)8-16-21(18,19)12-7-11(15)13(14)20-12/h3-7,16H,8H2,1-2H3. The van der Waals surface area contributed by atoms with E-state index >= 15 is 0 Å². The van der Waals surface area contributed by atoms with E-state index in [1.54, 1.807) is 0 Å². The minimum absolute atomic E-state index is 0.198. The molecular weight excluding hydrogens is 396 g/mol. The number of hydrogen-bond acceptors (Lipinski definition) is 4. The van der Waals surface area contributed by atoms with E-state index in [9.17, 15) is 8.42 Å². The average molecular weight is 410 g/mol. The average Bonchev–Trinajstić information content (AvgIpc) is 2.78. The van der Waals surface area contributed by atoms with Crippen molar-refractivity contribution in [3.8, 4) is 0 Å². The van der Waals surface area contributed by atoms with Gasteiger partial charge in [0.15, 0.2) is 0 Å². The Morgan fingerprint density at radius 1 is 1.29 bits per heavy atom. The fourth-order valence-corrected chi connectivity index (χ4v) is 5.08. The van der Waals surface area contributed by atoms with E-state index in [1.165, 1.54) is 6.07 Å². The van der Waals surface area contributed by atoms with Crippen molar-refractivity contribution in [3.05, 3.63) is 44.7 Å². The lowest BCUT2D eigenvalue weighted by Gasteiger charge is -2.12. The van der Waals surface area contributed by atoms with Crippen LogP contribution in [0.3, 0.4) is 0 Å². The van der Waals surface area contributed by atoms with Crippen LogP contribution in [-0.4, -0.2) is 22.5 Å². The third kappa shape index (κ3) is 4.20. The highest BCUT2D eigenvalue weighted by Gasteiger charge is 2.18. The van der Waals surface area contributed by atoms with Crippen molar-refractivity contribution in [1.29, 1.82) is 0 Å². The van der Waals surface area contributed by atoms with Crippen molar-refractivity contribution in [2.45, 2.75) is 10.8 Å². The topological polar surface area (TPSA) is 49.4 Å². The lowest BCUT2D eigenvalue weighted by molar-refractivity contribution is 0.583. The number of anilines is 1. The fraction of sp³-hybridized carbons (Fsp3) is 0.231. The van der Waals surface area contributed by atoms with Gasteiger partial charge in [-0.05, 0) is 39.7 Å². The molecule has 0 atom stereocenters. The maximum absolute atomic E-state index is 12.2. The summed E-state index contributed by atoms with van der Waals surface area (Å²) in [7, 11) is 0.366. The Morgan fingerprint density at radius 2 is 1.90 bits per heavy atom. The molecular formula is C13H14BrClN2O2S2. The zero-order valence-corrected chi connectivity index (χ0v) is 15.4. The number of thiophene rings is 1. The van der Waals surface area contributed by atoms with Crippen molar-refractivity contribution in [1.82, 2.24) is 4.72 Å². The Balaban J connectivity index is 2.08. The minimum atomic E-state index is -3.54. The van der Waals surface area contributed by atoms with Gasteiger partial charge in [-0.15, -0.1) is 11.3 Å². The molecule has 0 aliphatic rings. The summed E-state index contributed by atoms with van der Waals surface area (Å²) in [6.45, 7) is 0.239. The van der Waals surface area contributed by atoms with Gasteiger partial charge >= 0.3 is 0 Å². The largest absolute Gasteiger partial charge is 0.378 e. The Hall–Kier alpha value is -0.600. The summed E-state index contributed by atoms with van der Waals surface area (Å²) in [6, 6.07) is 9.13. The number of nitrogens with zero attached hydrogens (tertiary/aromatic N) is 1. The van der Waals surface area contributed by atoms with Gasteiger partial charge in [-0.25, -0.2) is 13.1 Å². The molecule has 0 bridgehead atoms. The third-order valence-corrected chi connectivity index (χ3v) is 7.16. The summed E-state index contributed by atoms with van der Waals surface area (Å²) in [5, 5.41) is 0.399. The van der Waals surface area contributed by atoms with E-state index in [1.807, 2.05) is 43.3 Å². The van der Waals surface area contributed by atoms with E-state index in [2.05, 4.69) is 20.7 Å². The molecule has 0 spiro atoms. The second-order valence-electron chi connectivity index (χ2n) is 4.57. The summed E-state index contributed by atoms with van der Waals surface area (Å²) >= 11 is 10.2. The molecule has 0 aliphatic carbocycles.